The van der Waals surface area contributed by atoms with Crippen LogP contribution < -0.4 is 0 Å². The number of hydrogen-bond donors (Lipinski definition) is 0. The number of aryl methyl sites for hydroxylation is 1. The Hall–Kier alpha value is -2.01. The molecule has 0 amide bonds. The van der Waals surface area contributed by atoms with E-state index in [2.05, 4.69) is 15.2 Å². The van der Waals surface area contributed by atoms with Gasteiger partial charge in [-0.2, -0.15) is 0 Å². The number of benzene rings is 1. The van der Waals surface area contributed by atoms with E-state index in [4.69, 9.17) is 16.0 Å². The minimum atomic E-state index is -0.471. The van der Waals surface area contributed by atoms with Crippen LogP contribution in [-0.4, -0.2) is 15.2 Å². The SMILES string of the molecule is Cc1nnc(-c2cc3ccnc(Cl)c3cc2F)o1. The van der Waals surface area contributed by atoms with E-state index in [9.17, 15) is 4.39 Å². The van der Waals surface area contributed by atoms with Crippen LogP contribution in [0.25, 0.3) is 22.2 Å². The molecule has 0 aliphatic heterocycles. The van der Waals surface area contributed by atoms with Gasteiger partial charge in [0, 0.05) is 18.5 Å². The number of hydrogen-bond acceptors (Lipinski definition) is 4. The topological polar surface area (TPSA) is 51.8 Å². The Morgan fingerprint density at radius 2 is 2.11 bits per heavy atom. The fraction of sp³-hybridized carbons (Fsp3) is 0.0833. The number of rotatable bonds is 1. The number of halogens is 2. The molecule has 0 radical (unpaired) electrons. The molecule has 0 saturated carbocycles. The highest BCUT2D eigenvalue weighted by Gasteiger charge is 2.14. The summed E-state index contributed by atoms with van der Waals surface area (Å²) < 4.78 is 19.2. The third-order valence-electron chi connectivity index (χ3n) is 2.56. The highest BCUT2D eigenvalue weighted by atomic mass is 35.5. The van der Waals surface area contributed by atoms with E-state index in [0.717, 1.165) is 5.39 Å². The first kappa shape index (κ1) is 11.1. The molecule has 0 saturated heterocycles. The van der Waals surface area contributed by atoms with Gasteiger partial charge in [0.1, 0.15) is 11.0 Å². The van der Waals surface area contributed by atoms with E-state index in [1.807, 2.05) is 0 Å². The minimum absolute atomic E-state index is 0.153. The van der Waals surface area contributed by atoms with E-state index in [1.54, 1.807) is 25.3 Å². The average molecular weight is 264 g/mol. The van der Waals surface area contributed by atoms with Crippen LogP contribution in [0.5, 0.6) is 0 Å². The van der Waals surface area contributed by atoms with Crippen molar-refractivity contribution in [3.8, 4) is 11.5 Å². The van der Waals surface area contributed by atoms with Crippen LogP contribution in [-0.2, 0) is 0 Å². The zero-order valence-electron chi connectivity index (χ0n) is 9.32. The molecule has 0 aliphatic rings. The Kier molecular flexibility index (Phi) is 2.48. The summed E-state index contributed by atoms with van der Waals surface area (Å²) in [5.74, 6) is 0.0677. The molecule has 0 spiro atoms. The van der Waals surface area contributed by atoms with Gasteiger partial charge in [0.25, 0.3) is 5.89 Å². The van der Waals surface area contributed by atoms with Crippen molar-refractivity contribution in [1.82, 2.24) is 15.2 Å². The van der Waals surface area contributed by atoms with Crippen molar-refractivity contribution < 1.29 is 8.81 Å². The quantitative estimate of drug-likeness (QED) is 0.632. The smallest absolute Gasteiger partial charge is 0.250 e. The second-order valence-corrected chi connectivity index (χ2v) is 4.14. The van der Waals surface area contributed by atoms with Gasteiger partial charge in [0.15, 0.2) is 0 Å². The van der Waals surface area contributed by atoms with Crippen molar-refractivity contribution in [3.05, 3.63) is 41.3 Å². The minimum Gasteiger partial charge on any atom is -0.421 e. The molecule has 2 aromatic heterocycles. The lowest BCUT2D eigenvalue weighted by atomic mass is 10.1. The highest BCUT2D eigenvalue weighted by Crippen LogP contribution is 2.29. The number of nitrogens with zero attached hydrogens (tertiary/aromatic N) is 3. The summed E-state index contributed by atoms with van der Waals surface area (Å²) in [5.41, 5.74) is 0.255. The van der Waals surface area contributed by atoms with E-state index in [0.29, 0.717) is 11.3 Å². The predicted octanol–water partition coefficient (Wildman–Crippen LogP) is 3.39. The average Bonchev–Trinajstić information content (AvgIpc) is 2.76. The second-order valence-electron chi connectivity index (χ2n) is 3.78. The first-order chi connectivity index (χ1) is 8.65. The van der Waals surface area contributed by atoms with Crippen LogP contribution in [0.3, 0.4) is 0 Å². The van der Waals surface area contributed by atoms with Crippen LogP contribution in [0.2, 0.25) is 5.15 Å². The first-order valence-corrected chi connectivity index (χ1v) is 5.57. The van der Waals surface area contributed by atoms with E-state index in [1.165, 1.54) is 6.07 Å². The second kappa shape index (κ2) is 4.03. The molecule has 6 heteroatoms. The Labute approximate surface area is 106 Å². The molecule has 3 rings (SSSR count). The van der Waals surface area contributed by atoms with Crippen LogP contribution in [0.4, 0.5) is 4.39 Å². The first-order valence-electron chi connectivity index (χ1n) is 5.19. The van der Waals surface area contributed by atoms with Crippen LogP contribution in [0, 0.1) is 12.7 Å². The number of aromatic nitrogens is 3. The zero-order chi connectivity index (χ0) is 12.7. The Bertz CT molecular complexity index is 741. The third kappa shape index (κ3) is 1.73. The molecular weight excluding hydrogens is 257 g/mol. The molecule has 0 unspecified atom stereocenters. The van der Waals surface area contributed by atoms with Gasteiger partial charge in [-0.3, -0.25) is 0 Å². The zero-order valence-corrected chi connectivity index (χ0v) is 10.1. The van der Waals surface area contributed by atoms with Crippen LogP contribution in [0.1, 0.15) is 5.89 Å². The van der Waals surface area contributed by atoms with Gasteiger partial charge in [0.05, 0.1) is 5.56 Å². The molecule has 0 N–H and O–H groups in total. The monoisotopic (exact) mass is 263 g/mol. The van der Waals surface area contributed by atoms with Crippen molar-refractivity contribution in [3.63, 3.8) is 0 Å². The molecule has 2 heterocycles. The maximum atomic E-state index is 14.0. The molecule has 1 aromatic carbocycles. The van der Waals surface area contributed by atoms with Gasteiger partial charge in [-0.25, -0.2) is 9.37 Å². The van der Waals surface area contributed by atoms with E-state index in [-0.39, 0.29) is 16.6 Å². The molecule has 0 bridgehead atoms. The molecule has 90 valence electrons. The van der Waals surface area contributed by atoms with E-state index >= 15 is 0 Å². The van der Waals surface area contributed by atoms with Gasteiger partial charge >= 0.3 is 0 Å². The van der Waals surface area contributed by atoms with Crippen LogP contribution >= 0.6 is 11.6 Å². The standard InChI is InChI=1S/C12H7ClFN3O/c1-6-16-17-12(18-6)9-4-7-2-3-15-11(13)8(7)5-10(9)14/h2-5H,1H3. The summed E-state index contributed by atoms with van der Waals surface area (Å²) in [5, 5.41) is 9.06. The largest absolute Gasteiger partial charge is 0.421 e. The predicted molar refractivity (Wildman–Crippen MR) is 64.7 cm³/mol. The van der Waals surface area contributed by atoms with Crippen molar-refractivity contribution in [1.29, 1.82) is 0 Å². The molecule has 4 nitrogen and oxygen atoms in total. The van der Waals surface area contributed by atoms with Gasteiger partial charge in [-0.1, -0.05) is 11.6 Å². The van der Waals surface area contributed by atoms with Crippen molar-refractivity contribution in [2.75, 3.05) is 0 Å². The Morgan fingerprint density at radius 1 is 1.28 bits per heavy atom. The molecule has 0 atom stereocenters. The fourth-order valence-corrected chi connectivity index (χ4v) is 1.95. The van der Waals surface area contributed by atoms with Crippen molar-refractivity contribution in [2.24, 2.45) is 0 Å². The number of fused-ring (bicyclic) bond motifs is 1. The Balaban J connectivity index is 2.28. The van der Waals surface area contributed by atoms with E-state index < -0.39 is 5.82 Å². The van der Waals surface area contributed by atoms with Gasteiger partial charge in [0.2, 0.25) is 5.89 Å². The maximum absolute atomic E-state index is 14.0. The van der Waals surface area contributed by atoms with Gasteiger partial charge < -0.3 is 4.42 Å². The molecule has 0 fully saturated rings. The summed E-state index contributed by atoms with van der Waals surface area (Å²) in [6, 6.07) is 4.68. The van der Waals surface area contributed by atoms with Gasteiger partial charge in [-0.15, -0.1) is 10.2 Å². The summed E-state index contributed by atoms with van der Waals surface area (Å²) in [6.45, 7) is 1.65. The third-order valence-corrected chi connectivity index (χ3v) is 2.86. The fourth-order valence-electron chi connectivity index (χ4n) is 1.73. The van der Waals surface area contributed by atoms with Crippen LogP contribution in [0.15, 0.2) is 28.8 Å². The molecule has 3 aromatic rings. The van der Waals surface area contributed by atoms with Crippen molar-refractivity contribution in [2.45, 2.75) is 6.92 Å². The molecule has 18 heavy (non-hydrogen) atoms. The normalized spacial score (nSPS) is 11.1. The Morgan fingerprint density at radius 3 is 2.83 bits per heavy atom. The maximum Gasteiger partial charge on any atom is 0.250 e. The lowest BCUT2D eigenvalue weighted by molar-refractivity contribution is 0.526. The molecular formula is C12H7ClFN3O. The highest BCUT2D eigenvalue weighted by molar-refractivity contribution is 6.34. The summed E-state index contributed by atoms with van der Waals surface area (Å²) in [6.07, 6.45) is 1.56. The lowest BCUT2D eigenvalue weighted by Gasteiger charge is -2.03. The summed E-state index contributed by atoms with van der Waals surface area (Å²) in [4.78, 5) is 3.90. The summed E-state index contributed by atoms with van der Waals surface area (Å²) in [7, 11) is 0. The number of pyridine rings is 1. The lowest BCUT2D eigenvalue weighted by Crippen LogP contribution is -1.87. The van der Waals surface area contributed by atoms with Gasteiger partial charge in [-0.05, 0) is 23.6 Å². The molecule has 0 aliphatic carbocycles. The summed E-state index contributed by atoms with van der Waals surface area (Å²) >= 11 is 5.90. The van der Waals surface area contributed by atoms with Crippen molar-refractivity contribution >= 4 is 22.4 Å².